The van der Waals surface area contributed by atoms with Crippen LogP contribution in [-0.2, 0) is 4.79 Å². The minimum Gasteiger partial charge on any atom is -0.342 e. The summed E-state index contributed by atoms with van der Waals surface area (Å²) in [6.45, 7) is 7.37. The number of nitrogens with zero attached hydrogens (tertiary/aromatic N) is 4. The molecule has 0 aliphatic carbocycles. The molecule has 2 aromatic heterocycles. The van der Waals surface area contributed by atoms with Crippen molar-refractivity contribution in [2.45, 2.75) is 46.0 Å². The monoisotopic (exact) mass is 339 g/mol. The van der Waals surface area contributed by atoms with Crippen molar-refractivity contribution < 1.29 is 4.79 Å². The van der Waals surface area contributed by atoms with E-state index in [1.807, 2.05) is 49.9 Å². The van der Waals surface area contributed by atoms with Crippen molar-refractivity contribution in [3.05, 3.63) is 41.5 Å². The van der Waals surface area contributed by atoms with Crippen LogP contribution in [0.1, 0.15) is 49.3 Å². The summed E-state index contributed by atoms with van der Waals surface area (Å²) in [5, 5.41) is 3.27. The van der Waals surface area contributed by atoms with Gasteiger partial charge in [-0.3, -0.25) is 4.79 Å². The molecule has 0 bridgehead atoms. The molecule has 6 nitrogen and oxygen atoms in total. The van der Waals surface area contributed by atoms with E-state index in [0.29, 0.717) is 6.42 Å². The van der Waals surface area contributed by atoms with Crippen LogP contribution in [-0.4, -0.2) is 38.8 Å². The average Bonchev–Trinajstić information content (AvgIpc) is 2.60. The SMILES string of the molecule is CCC(=O)N1CCC[C@@H](c2cc(Nc3cccc(C)n3)nc(C)n2)C1. The number of hydrogen-bond donors (Lipinski definition) is 1. The molecule has 1 aliphatic rings. The first-order chi connectivity index (χ1) is 12.0. The number of hydrogen-bond acceptors (Lipinski definition) is 5. The van der Waals surface area contributed by atoms with Crippen molar-refractivity contribution in [2.75, 3.05) is 18.4 Å². The van der Waals surface area contributed by atoms with E-state index < -0.39 is 0 Å². The second-order valence-corrected chi connectivity index (χ2v) is 6.55. The zero-order valence-electron chi connectivity index (χ0n) is 15.1. The number of likely N-dealkylation sites (tertiary alicyclic amines) is 1. The maximum absolute atomic E-state index is 12.0. The Hall–Kier alpha value is -2.50. The number of amides is 1. The third kappa shape index (κ3) is 4.32. The van der Waals surface area contributed by atoms with Crippen molar-refractivity contribution in [2.24, 2.45) is 0 Å². The second kappa shape index (κ2) is 7.59. The van der Waals surface area contributed by atoms with Gasteiger partial charge in [-0.2, -0.15) is 0 Å². The molecular weight excluding hydrogens is 314 g/mol. The van der Waals surface area contributed by atoms with Crippen LogP contribution >= 0.6 is 0 Å². The molecule has 1 aliphatic heterocycles. The van der Waals surface area contributed by atoms with Crippen molar-refractivity contribution in [1.29, 1.82) is 0 Å². The molecule has 0 aromatic carbocycles. The van der Waals surface area contributed by atoms with Gasteiger partial charge in [-0.15, -0.1) is 0 Å². The molecule has 2 aromatic rings. The third-order valence-corrected chi connectivity index (χ3v) is 4.50. The summed E-state index contributed by atoms with van der Waals surface area (Å²) in [6, 6.07) is 7.84. The molecule has 0 spiro atoms. The molecule has 132 valence electrons. The molecule has 1 atom stereocenters. The van der Waals surface area contributed by atoms with Gasteiger partial charge in [0.05, 0.1) is 5.69 Å². The lowest BCUT2D eigenvalue weighted by atomic mass is 9.94. The quantitative estimate of drug-likeness (QED) is 0.925. The normalized spacial score (nSPS) is 17.4. The molecule has 0 unspecified atom stereocenters. The zero-order chi connectivity index (χ0) is 17.8. The summed E-state index contributed by atoms with van der Waals surface area (Å²) in [7, 11) is 0. The van der Waals surface area contributed by atoms with Crippen LogP contribution in [0.25, 0.3) is 0 Å². The number of piperidine rings is 1. The van der Waals surface area contributed by atoms with Gasteiger partial charge in [0.15, 0.2) is 0 Å². The van der Waals surface area contributed by atoms with Crippen molar-refractivity contribution in [1.82, 2.24) is 19.9 Å². The number of aryl methyl sites for hydroxylation is 2. The highest BCUT2D eigenvalue weighted by Gasteiger charge is 2.25. The van der Waals surface area contributed by atoms with Crippen LogP contribution in [0.4, 0.5) is 11.6 Å². The van der Waals surface area contributed by atoms with Gasteiger partial charge in [0, 0.05) is 37.2 Å². The van der Waals surface area contributed by atoms with Crippen LogP contribution in [0, 0.1) is 13.8 Å². The summed E-state index contributed by atoms with van der Waals surface area (Å²) in [4.78, 5) is 27.6. The number of rotatable bonds is 4. The summed E-state index contributed by atoms with van der Waals surface area (Å²) >= 11 is 0. The first-order valence-corrected chi connectivity index (χ1v) is 8.89. The van der Waals surface area contributed by atoms with E-state index in [0.717, 1.165) is 54.8 Å². The molecule has 0 saturated carbocycles. The zero-order valence-corrected chi connectivity index (χ0v) is 15.1. The second-order valence-electron chi connectivity index (χ2n) is 6.55. The molecule has 25 heavy (non-hydrogen) atoms. The summed E-state index contributed by atoms with van der Waals surface area (Å²) in [5.41, 5.74) is 1.95. The van der Waals surface area contributed by atoms with Crippen molar-refractivity contribution >= 4 is 17.5 Å². The lowest BCUT2D eigenvalue weighted by molar-refractivity contribution is -0.132. The average molecular weight is 339 g/mol. The lowest BCUT2D eigenvalue weighted by Crippen LogP contribution is -2.39. The number of carbonyl (C=O) groups is 1. The van der Waals surface area contributed by atoms with E-state index in [1.165, 1.54) is 0 Å². The molecule has 1 fully saturated rings. The Morgan fingerprint density at radius 2 is 2.08 bits per heavy atom. The fourth-order valence-electron chi connectivity index (χ4n) is 3.28. The summed E-state index contributed by atoms with van der Waals surface area (Å²) in [5.74, 6) is 2.73. The Morgan fingerprint density at radius 3 is 2.84 bits per heavy atom. The molecule has 1 amide bonds. The van der Waals surface area contributed by atoms with Gasteiger partial charge in [-0.05, 0) is 38.8 Å². The minimum absolute atomic E-state index is 0.220. The van der Waals surface area contributed by atoms with Crippen molar-refractivity contribution in [3.63, 3.8) is 0 Å². The molecule has 1 N–H and O–H groups in total. The van der Waals surface area contributed by atoms with Gasteiger partial charge in [0.25, 0.3) is 0 Å². The highest BCUT2D eigenvalue weighted by atomic mass is 16.2. The fourth-order valence-corrected chi connectivity index (χ4v) is 3.28. The van der Waals surface area contributed by atoms with Gasteiger partial charge < -0.3 is 10.2 Å². The molecule has 3 heterocycles. The van der Waals surface area contributed by atoms with E-state index in [2.05, 4.69) is 20.3 Å². The number of pyridine rings is 1. The Bertz CT molecular complexity index is 761. The highest BCUT2D eigenvalue weighted by molar-refractivity contribution is 5.76. The third-order valence-electron chi connectivity index (χ3n) is 4.50. The van der Waals surface area contributed by atoms with E-state index >= 15 is 0 Å². The Kier molecular flexibility index (Phi) is 5.26. The van der Waals surface area contributed by atoms with Gasteiger partial charge in [-0.1, -0.05) is 13.0 Å². The largest absolute Gasteiger partial charge is 0.342 e. The lowest BCUT2D eigenvalue weighted by Gasteiger charge is -2.32. The molecular formula is C19H25N5O. The van der Waals surface area contributed by atoms with Crippen LogP contribution < -0.4 is 5.32 Å². The molecule has 0 radical (unpaired) electrons. The molecule has 1 saturated heterocycles. The maximum Gasteiger partial charge on any atom is 0.222 e. The van der Waals surface area contributed by atoms with Gasteiger partial charge in [0.2, 0.25) is 5.91 Å². The predicted octanol–water partition coefficient (Wildman–Crippen LogP) is 3.35. The van der Waals surface area contributed by atoms with Gasteiger partial charge >= 0.3 is 0 Å². The Balaban J connectivity index is 1.80. The molecule has 6 heteroatoms. The molecule has 3 rings (SSSR count). The summed E-state index contributed by atoms with van der Waals surface area (Å²) in [6.07, 6.45) is 2.62. The number of carbonyl (C=O) groups excluding carboxylic acids is 1. The Labute approximate surface area is 148 Å². The predicted molar refractivity (Wildman–Crippen MR) is 97.9 cm³/mol. The Morgan fingerprint density at radius 1 is 1.24 bits per heavy atom. The van der Waals surface area contributed by atoms with Crippen LogP contribution in [0.2, 0.25) is 0 Å². The fraction of sp³-hybridized carbons (Fsp3) is 0.474. The number of aromatic nitrogens is 3. The van der Waals surface area contributed by atoms with Crippen LogP contribution in [0.3, 0.4) is 0 Å². The van der Waals surface area contributed by atoms with Crippen LogP contribution in [0.15, 0.2) is 24.3 Å². The first-order valence-electron chi connectivity index (χ1n) is 8.89. The van der Waals surface area contributed by atoms with E-state index in [4.69, 9.17) is 0 Å². The first kappa shape index (κ1) is 17.3. The minimum atomic E-state index is 0.220. The topological polar surface area (TPSA) is 71.0 Å². The number of nitrogens with one attached hydrogen (secondary N) is 1. The van der Waals surface area contributed by atoms with E-state index in [-0.39, 0.29) is 11.8 Å². The van der Waals surface area contributed by atoms with Crippen LogP contribution in [0.5, 0.6) is 0 Å². The number of anilines is 2. The smallest absolute Gasteiger partial charge is 0.222 e. The van der Waals surface area contributed by atoms with Gasteiger partial charge in [0.1, 0.15) is 17.5 Å². The highest BCUT2D eigenvalue weighted by Crippen LogP contribution is 2.27. The maximum atomic E-state index is 12.0. The summed E-state index contributed by atoms with van der Waals surface area (Å²) < 4.78 is 0. The van der Waals surface area contributed by atoms with Crippen molar-refractivity contribution in [3.8, 4) is 0 Å². The van der Waals surface area contributed by atoms with Gasteiger partial charge in [-0.25, -0.2) is 15.0 Å². The van der Waals surface area contributed by atoms with E-state index in [1.54, 1.807) is 0 Å². The standard InChI is InChI=1S/C19H25N5O/c1-4-19(25)24-10-6-8-15(12-24)16-11-18(22-14(3)21-16)23-17-9-5-7-13(2)20-17/h5,7,9,11,15H,4,6,8,10,12H2,1-3H3,(H,20,21,22,23)/t15-/m1/s1. The van der Waals surface area contributed by atoms with E-state index in [9.17, 15) is 4.79 Å².